The normalized spacial score (nSPS) is 16.4. The molecule has 0 aromatic heterocycles. The Morgan fingerprint density at radius 2 is 2.10 bits per heavy atom. The quantitative estimate of drug-likeness (QED) is 0.675. The molecule has 5 N–H and O–H groups in total. The number of hydrogen-bond acceptors (Lipinski definition) is 5. The van der Waals surface area contributed by atoms with Crippen molar-refractivity contribution in [3.05, 3.63) is 23.8 Å². The summed E-state index contributed by atoms with van der Waals surface area (Å²) in [5, 5.41) is 8.76. The molecule has 0 bridgehead atoms. The molecule has 1 aliphatic heterocycles. The Bertz CT molecular complexity index is 471. The summed E-state index contributed by atoms with van der Waals surface area (Å²) in [4.78, 5) is 13.6. The molecular formula is C14H21N3O3. The van der Waals surface area contributed by atoms with Crippen molar-refractivity contribution in [2.75, 3.05) is 36.9 Å². The third kappa shape index (κ3) is 3.20. The molecule has 1 amide bonds. The summed E-state index contributed by atoms with van der Waals surface area (Å²) in [6.45, 7) is 1.91. The number of piperidine rings is 1. The van der Waals surface area contributed by atoms with Crippen LogP contribution in [0.1, 0.15) is 23.2 Å². The molecule has 1 aromatic rings. The molecule has 1 aromatic carbocycles. The number of nitrogen functional groups attached to an aromatic ring is 1. The monoisotopic (exact) mass is 279 g/mol. The lowest BCUT2D eigenvalue weighted by Crippen LogP contribution is -2.38. The maximum absolute atomic E-state index is 11.5. The number of nitrogens with two attached hydrogens (primary N) is 2. The van der Waals surface area contributed by atoms with Gasteiger partial charge in [0.1, 0.15) is 0 Å². The molecule has 1 heterocycles. The van der Waals surface area contributed by atoms with Gasteiger partial charge in [-0.1, -0.05) is 6.07 Å². The highest BCUT2D eigenvalue weighted by Crippen LogP contribution is 2.30. The van der Waals surface area contributed by atoms with Crippen molar-refractivity contribution in [1.29, 1.82) is 0 Å². The van der Waals surface area contributed by atoms with Gasteiger partial charge in [-0.15, -0.1) is 0 Å². The SMILES string of the molecule is NC(=O)c1cccc(N)c1N1CCC(OCCO)CC1. The topological polar surface area (TPSA) is 102 Å². The summed E-state index contributed by atoms with van der Waals surface area (Å²) < 4.78 is 5.52. The smallest absolute Gasteiger partial charge is 0.250 e. The molecule has 0 atom stereocenters. The first-order valence-corrected chi connectivity index (χ1v) is 6.79. The highest BCUT2D eigenvalue weighted by molar-refractivity contribution is 6.01. The van der Waals surface area contributed by atoms with Gasteiger partial charge in [-0.2, -0.15) is 0 Å². The van der Waals surface area contributed by atoms with Crippen LogP contribution in [0.3, 0.4) is 0 Å². The number of carbonyl (C=O) groups is 1. The zero-order valence-electron chi connectivity index (χ0n) is 11.4. The van der Waals surface area contributed by atoms with Crippen LogP contribution in [0.4, 0.5) is 11.4 Å². The third-order valence-corrected chi connectivity index (χ3v) is 3.54. The van der Waals surface area contributed by atoms with Gasteiger partial charge in [0.15, 0.2) is 0 Å². The van der Waals surface area contributed by atoms with E-state index in [0.717, 1.165) is 31.6 Å². The average molecular weight is 279 g/mol. The number of aliphatic hydroxyl groups excluding tert-OH is 1. The Balaban J connectivity index is 2.09. The van der Waals surface area contributed by atoms with Crippen LogP contribution >= 0.6 is 0 Å². The lowest BCUT2D eigenvalue weighted by Gasteiger charge is -2.35. The van der Waals surface area contributed by atoms with Crippen molar-refractivity contribution in [2.24, 2.45) is 5.73 Å². The van der Waals surface area contributed by atoms with E-state index in [9.17, 15) is 4.79 Å². The molecule has 20 heavy (non-hydrogen) atoms. The van der Waals surface area contributed by atoms with Crippen LogP contribution in [-0.4, -0.2) is 43.4 Å². The van der Waals surface area contributed by atoms with Gasteiger partial charge in [0.25, 0.3) is 5.91 Å². The maximum Gasteiger partial charge on any atom is 0.250 e. The molecule has 6 nitrogen and oxygen atoms in total. The van der Waals surface area contributed by atoms with Gasteiger partial charge in [-0.3, -0.25) is 4.79 Å². The fourth-order valence-electron chi connectivity index (χ4n) is 2.58. The molecule has 0 aliphatic carbocycles. The molecule has 110 valence electrons. The summed E-state index contributed by atoms with van der Waals surface area (Å²) in [5.41, 5.74) is 13.1. The van der Waals surface area contributed by atoms with E-state index in [1.807, 2.05) is 0 Å². The summed E-state index contributed by atoms with van der Waals surface area (Å²) in [6.07, 6.45) is 1.83. The van der Waals surface area contributed by atoms with Crippen LogP contribution in [0.25, 0.3) is 0 Å². The van der Waals surface area contributed by atoms with E-state index in [-0.39, 0.29) is 12.7 Å². The zero-order valence-corrected chi connectivity index (χ0v) is 11.4. The Kier molecular flexibility index (Phi) is 4.81. The van der Waals surface area contributed by atoms with Crippen molar-refractivity contribution in [3.63, 3.8) is 0 Å². The van der Waals surface area contributed by atoms with Gasteiger partial charge in [0, 0.05) is 13.1 Å². The van der Waals surface area contributed by atoms with Gasteiger partial charge in [0.05, 0.1) is 36.3 Å². The molecular weight excluding hydrogens is 258 g/mol. The van der Waals surface area contributed by atoms with Crippen LogP contribution in [-0.2, 0) is 4.74 Å². The first-order chi connectivity index (χ1) is 9.63. The first kappa shape index (κ1) is 14.6. The van der Waals surface area contributed by atoms with Crippen molar-refractivity contribution in [2.45, 2.75) is 18.9 Å². The van der Waals surface area contributed by atoms with Crippen LogP contribution in [0.15, 0.2) is 18.2 Å². The molecule has 0 spiro atoms. The lowest BCUT2D eigenvalue weighted by atomic mass is 10.0. The Hall–Kier alpha value is -1.79. The van der Waals surface area contributed by atoms with E-state index in [4.69, 9.17) is 21.3 Å². The number of anilines is 2. The molecule has 2 rings (SSSR count). The molecule has 1 aliphatic rings. The van der Waals surface area contributed by atoms with Crippen molar-refractivity contribution >= 4 is 17.3 Å². The van der Waals surface area contributed by atoms with Gasteiger partial charge in [-0.25, -0.2) is 0 Å². The largest absolute Gasteiger partial charge is 0.397 e. The van der Waals surface area contributed by atoms with Gasteiger partial charge in [0.2, 0.25) is 0 Å². The lowest BCUT2D eigenvalue weighted by molar-refractivity contribution is 0.0159. The molecule has 0 unspecified atom stereocenters. The maximum atomic E-state index is 11.5. The first-order valence-electron chi connectivity index (χ1n) is 6.79. The summed E-state index contributed by atoms with van der Waals surface area (Å²) >= 11 is 0. The Morgan fingerprint density at radius 1 is 1.40 bits per heavy atom. The van der Waals surface area contributed by atoms with Gasteiger partial charge >= 0.3 is 0 Å². The minimum Gasteiger partial charge on any atom is -0.397 e. The fourth-order valence-corrected chi connectivity index (χ4v) is 2.58. The second-order valence-electron chi connectivity index (χ2n) is 4.89. The van der Waals surface area contributed by atoms with Crippen molar-refractivity contribution in [1.82, 2.24) is 0 Å². The number of ether oxygens (including phenoxy) is 1. The molecule has 6 heteroatoms. The molecule has 0 radical (unpaired) electrons. The minimum atomic E-state index is -0.467. The van der Waals surface area contributed by atoms with Crippen LogP contribution in [0.2, 0.25) is 0 Å². The molecule has 1 fully saturated rings. The molecule has 1 saturated heterocycles. The standard InChI is InChI=1S/C14H21N3O3/c15-12-3-1-2-11(14(16)19)13(12)17-6-4-10(5-7-17)20-9-8-18/h1-3,10,18H,4-9,15H2,(H2,16,19). The number of carbonyl (C=O) groups excluding carboxylic acids is 1. The minimum absolute atomic E-state index is 0.0394. The van der Waals surface area contributed by atoms with E-state index >= 15 is 0 Å². The second-order valence-corrected chi connectivity index (χ2v) is 4.89. The van der Waals surface area contributed by atoms with Crippen molar-refractivity contribution < 1.29 is 14.6 Å². The number of para-hydroxylation sites is 1. The van der Waals surface area contributed by atoms with Gasteiger partial charge in [-0.05, 0) is 25.0 Å². The third-order valence-electron chi connectivity index (χ3n) is 3.54. The number of aliphatic hydroxyl groups is 1. The second kappa shape index (κ2) is 6.58. The van der Waals surface area contributed by atoms with Crippen LogP contribution in [0.5, 0.6) is 0 Å². The Labute approximate surface area is 118 Å². The molecule has 0 saturated carbocycles. The predicted molar refractivity (Wildman–Crippen MR) is 77.6 cm³/mol. The highest BCUT2D eigenvalue weighted by atomic mass is 16.5. The number of amides is 1. The number of hydrogen-bond donors (Lipinski definition) is 3. The van der Waals surface area contributed by atoms with E-state index in [0.29, 0.717) is 17.9 Å². The van der Waals surface area contributed by atoms with E-state index in [1.54, 1.807) is 18.2 Å². The zero-order chi connectivity index (χ0) is 14.5. The van der Waals surface area contributed by atoms with E-state index in [1.165, 1.54) is 0 Å². The van der Waals surface area contributed by atoms with Crippen molar-refractivity contribution in [3.8, 4) is 0 Å². The van der Waals surface area contributed by atoms with Crippen LogP contribution in [0, 0.1) is 0 Å². The summed E-state index contributed by atoms with van der Waals surface area (Å²) in [6, 6.07) is 5.20. The number of primary amides is 1. The predicted octanol–water partition coefficient (Wildman–Crippen LogP) is 0.345. The number of benzene rings is 1. The van der Waals surface area contributed by atoms with Crippen LogP contribution < -0.4 is 16.4 Å². The summed E-state index contributed by atoms with van der Waals surface area (Å²) in [5.74, 6) is -0.467. The van der Waals surface area contributed by atoms with E-state index in [2.05, 4.69) is 4.90 Å². The number of rotatable bonds is 5. The highest BCUT2D eigenvalue weighted by Gasteiger charge is 2.24. The Morgan fingerprint density at radius 3 is 2.70 bits per heavy atom. The number of nitrogens with zero attached hydrogens (tertiary/aromatic N) is 1. The van der Waals surface area contributed by atoms with Gasteiger partial charge < -0.3 is 26.2 Å². The summed E-state index contributed by atoms with van der Waals surface area (Å²) in [7, 11) is 0. The van der Waals surface area contributed by atoms with E-state index < -0.39 is 5.91 Å². The fraction of sp³-hybridized carbons (Fsp3) is 0.500. The average Bonchev–Trinajstić information content (AvgIpc) is 2.45.